The Balaban J connectivity index is 2.03. The van der Waals surface area contributed by atoms with Crippen LogP contribution in [0, 0.1) is 0 Å². The Morgan fingerprint density at radius 3 is 2.67 bits per heavy atom. The van der Waals surface area contributed by atoms with Crippen LogP contribution in [0.3, 0.4) is 0 Å². The molecule has 1 heterocycles. The molecular formula is C13H13ClN2O2. The minimum Gasteiger partial charge on any atom is -0.494 e. The molecule has 0 aliphatic rings. The van der Waals surface area contributed by atoms with Crippen molar-refractivity contribution in [2.24, 2.45) is 0 Å². The fourth-order valence-corrected chi connectivity index (χ4v) is 1.66. The highest BCUT2D eigenvalue weighted by molar-refractivity contribution is 6.31. The molecule has 4 nitrogen and oxygen atoms in total. The smallest absolute Gasteiger partial charge is 0.272 e. The summed E-state index contributed by atoms with van der Waals surface area (Å²) in [5.41, 5.74) is 1.13. The Kier molecular flexibility index (Phi) is 3.89. The number of hydrogen-bond donors (Lipinski definition) is 2. The summed E-state index contributed by atoms with van der Waals surface area (Å²) in [5, 5.41) is 3.26. The molecule has 18 heavy (non-hydrogen) atoms. The van der Waals surface area contributed by atoms with Crippen molar-refractivity contribution in [3.63, 3.8) is 0 Å². The van der Waals surface area contributed by atoms with Gasteiger partial charge in [-0.05, 0) is 37.3 Å². The lowest BCUT2D eigenvalue weighted by Gasteiger charge is -2.06. The number of H-pyrrole nitrogens is 1. The van der Waals surface area contributed by atoms with Gasteiger partial charge in [0.1, 0.15) is 11.4 Å². The molecule has 94 valence electrons. The normalized spacial score (nSPS) is 10.1. The van der Waals surface area contributed by atoms with E-state index in [1.54, 1.807) is 36.5 Å². The largest absolute Gasteiger partial charge is 0.494 e. The number of rotatable bonds is 4. The molecular weight excluding hydrogens is 252 g/mol. The number of benzene rings is 1. The van der Waals surface area contributed by atoms with Crippen molar-refractivity contribution < 1.29 is 9.53 Å². The number of nitrogens with one attached hydrogen (secondary N) is 2. The molecule has 0 aliphatic heterocycles. The maximum atomic E-state index is 11.8. The first-order valence-electron chi connectivity index (χ1n) is 5.57. The third-order valence-corrected chi connectivity index (χ3v) is 2.53. The lowest BCUT2D eigenvalue weighted by Crippen LogP contribution is -2.11. The van der Waals surface area contributed by atoms with E-state index < -0.39 is 0 Å². The highest BCUT2D eigenvalue weighted by Crippen LogP contribution is 2.17. The monoisotopic (exact) mass is 264 g/mol. The number of amides is 1. The van der Waals surface area contributed by atoms with Crippen molar-refractivity contribution in [3.8, 4) is 5.75 Å². The van der Waals surface area contributed by atoms with Crippen LogP contribution in [0.1, 0.15) is 17.4 Å². The summed E-state index contributed by atoms with van der Waals surface area (Å²) < 4.78 is 5.32. The molecule has 0 fully saturated rings. The van der Waals surface area contributed by atoms with Crippen LogP contribution < -0.4 is 10.1 Å². The van der Waals surface area contributed by atoms with Gasteiger partial charge in [0, 0.05) is 11.9 Å². The van der Waals surface area contributed by atoms with E-state index in [-0.39, 0.29) is 5.91 Å². The third kappa shape index (κ3) is 3.05. The second-order valence-electron chi connectivity index (χ2n) is 3.64. The van der Waals surface area contributed by atoms with Crippen molar-refractivity contribution in [3.05, 3.63) is 47.2 Å². The molecule has 1 aromatic heterocycles. The van der Waals surface area contributed by atoms with Gasteiger partial charge in [0.05, 0.1) is 11.6 Å². The molecule has 1 amide bonds. The van der Waals surface area contributed by atoms with E-state index in [1.165, 1.54) is 0 Å². The van der Waals surface area contributed by atoms with E-state index in [9.17, 15) is 4.79 Å². The zero-order valence-electron chi connectivity index (χ0n) is 9.87. The zero-order chi connectivity index (χ0) is 13.0. The van der Waals surface area contributed by atoms with Gasteiger partial charge in [-0.1, -0.05) is 11.6 Å². The van der Waals surface area contributed by atoms with Crippen LogP contribution in [0.15, 0.2) is 36.5 Å². The summed E-state index contributed by atoms with van der Waals surface area (Å²) in [5.74, 6) is 0.546. The van der Waals surface area contributed by atoms with Crippen LogP contribution in [-0.2, 0) is 0 Å². The maximum absolute atomic E-state index is 11.8. The van der Waals surface area contributed by atoms with Gasteiger partial charge in [0.25, 0.3) is 5.91 Å². The van der Waals surface area contributed by atoms with Crippen LogP contribution >= 0.6 is 11.6 Å². The average Bonchev–Trinajstić information content (AvgIpc) is 2.79. The molecule has 5 heteroatoms. The van der Waals surface area contributed by atoms with Gasteiger partial charge in [-0.15, -0.1) is 0 Å². The molecule has 2 aromatic rings. The summed E-state index contributed by atoms with van der Waals surface area (Å²) in [6.07, 6.45) is 1.56. The van der Waals surface area contributed by atoms with Gasteiger partial charge in [-0.25, -0.2) is 0 Å². The standard InChI is InChI=1S/C13H13ClN2O2/c1-2-18-11-5-3-10(4-6-11)16-13(17)12-7-9(14)8-15-12/h3-8,15H,2H2,1H3,(H,16,17). The van der Waals surface area contributed by atoms with E-state index in [0.29, 0.717) is 23.0 Å². The predicted molar refractivity (Wildman–Crippen MR) is 71.4 cm³/mol. The van der Waals surface area contributed by atoms with Crippen molar-refractivity contribution in [1.29, 1.82) is 0 Å². The summed E-state index contributed by atoms with van der Waals surface area (Å²) in [6.45, 7) is 2.54. The molecule has 0 saturated carbocycles. The second kappa shape index (κ2) is 5.60. The molecule has 2 rings (SSSR count). The van der Waals surface area contributed by atoms with Crippen molar-refractivity contribution >= 4 is 23.2 Å². The number of aromatic amines is 1. The highest BCUT2D eigenvalue weighted by Gasteiger charge is 2.08. The van der Waals surface area contributed by atoms with Crippen LogP contribution in [0.25, 0.3) is 0 Å². The van der Waals surface area contributed by atoms with Crippen LogP contribution in [0.5, 0.6) is 5.75 Å². The number of anilines is 1. The number of carbonyl (C=O) groups excluding carboxylic acids is 1. The highest BCUT2D eigenvalue weighted by atomic mass is 35.5. The fourth-order valence-electron chi connectivity index (χ4n) is 1.50. The second-order valence-corrected chi connectivity index (χ2v) is 4.08. The first-order valence-corrected chi connectivity index (χ1v) is 5.95. The van der Waals surface area contributed by atoms with Crippen molar-refractivity contribution in [2.45, 2.75) is 6.92 Å². The summed E-state index contributed by atoms with van der Waals surface area (Å²) in [6, 6.07) is 8.76. The number of carbonyl (C=O) groups is 1. The average molecular weight is 265 g/mol. The SMILES string of the molecule is CCOc1ccc(NC(=O)c2cc(Cl)c[nH]2)cc1. The third-order valence-electron chi connectivity index (χ3n) is 2.32. The van der Waals surface area contributed by atoms with E-state index in [4.69, 9.17) is 16.3 Å². The lowest BCUT2D eigenvalue weighted by molar-refractivity contribution is 0.102. The number of ether oxygens (including phenoxy) is 1. The Labute approximate surface area is 110 Å². The van der Waals surface area contributed by atoms with Crippen LogP contribution in [0.4, 0.5) is 5.69 Å². The summed E-state index contributed by atoms with van der Waals surface area (Å²) in [4.78, 5) is 14.6. The number of aromatic nitrogens is 1. The Bertz CT molecular complexity index is 534. The minimum atomic E-state index is -0.231. The van der Waals surface area contributed by atoms with Gasteiger partial charge >= 0.3 is 0 Å². The van der Waals surface area contributed by atoms with Gasteiger partial charge in [-0.2, -0.15) is 0 Å². The zero-order valence-corrected chi connectivity index (χ0v) is 10.6. The number of hydrogen-bond acceptors (Lipinski definition) is 2. The van der Waals surface area contributed by atoms with Crippen molar-refractivity contribution in [2.75, 3.05) is 11.9 Å². The van der Waals surface area contributed by atoms with Gasteiger partial charge in [0.15, 0.2) is 0 Å². The molecule has 0 unspecified atom stereocenters. The minimum absolute atomic E-state index is 0.231. The summed E-state index contributed by atoms with van der Waals surface area (Å²) >= 11 is 5.74. The summed E-state index contributed by atoms with van der Waals surface area (Å²) in [7, 11) is 0. The lowest BCUT2D eigenvalue weighted by atomic mass is 10.3. The van der Waals surface area contributed by atoms with E-state index in [2.05, 4.69) is 10.3 Å². The molecule has 0 atom stereocenters. The van der Waals surface area contributed by atoms with Crippen LogP contribution in [0.2, 0.25) is 5.02 Å². The molecule has 1 aromatic carbocycles. The van der Waals surface area contributed by atoms with Gasteiger partial charge in [0.2, 0.25) is 0 Å². The Hall–Kier alpha value is -1.94. The van der Waals surface area contributed by atoms with Gasteiger partial charge in [-0.3, -0.25) is 4.79 Å². The molecule has 2 N–H and O–H groups in total. The quantitative estimate of drug-likeness (QED) is 0.890. The first kappa shape index (κ1) is 12.5. The molecule has 0 saturated heterocycles. The Morgan fingerprint density at radius 2 is 2.11 bits per heavy atom. The fraction of sp³-hybridized carbons (Fsp3) is 0.154. The van der Waals surface area contributed by atoms with E-state index in [1.807, 2.05) is 6.92 Å². The van der Waals surface area contributed by atoms with Crippen molar-refractivity contribution in [1.82, 2.24) is 4.98 Å². The molecule has 0 radical (unpaired) electrons. The first-order chi connectivity index (χ1) is 8.69. The topological polar surface area (TPSA) is 54.1 Å². The molecule has 0 spiro atoms. The van der Waals surface area contributed by atoms with Crippen LogP contribution in [-0.4, -0.2) is 17.5 Å². The molecule has 0 aliphatic carbocycles. The van der Waals surface area contributed by atoms with E-state index in [0.717, 1.165) is 5.75 Å². The maximum Gasteiger partial charge on any atom is 0.272 e. The Morgan fingerprint density at radius 1 is 1.39 bits per heavy atom. The number of halogens is 1. The predicted octanol–water partition coefficient (Wildman–Crippen LogP) is 3.32. The van der Waals surface area contributed by atoms with E-state index >= 15 is 0 Å². The molecule has 0 bridgehead atoms. The van der Waals surface area contributed by atoms with Gasteiger partial charge < -0.3 is 15.0 Å².